The Labute approximate surface area is 172 Å². The number of rotatable bonds is 7. The second kappa shape index (κ2) is 8.84. The van der Waals surface area contributed by atoms with Gasteiger partial charge in [-0.25, -0.2) is 0 Å². The zero-order chi connectivity index (χ0) is 19.7. The number of hydrogen-bond acceptors (Lipinski definition) is 0. The first-order chi connectivity index (χ1) is 12.7. The molecule has 0 nitrogen and oxygen atoms in total. The summed E-state index contributed by atoms with van der Waals surface area (Å²) in [4.78, 5) is 0. The minimum Gasteiger partial charge on any atom is -0.0748 e. The Morgan fingerprint density at radius 3 is 1.56 bits per heavy atom. The van der Waals surface area contributed by atoms with Gasteiger partial charge in [0.25, 0.3) is 0 Å². The van der Waals surface area contributed by atoms with Crippen molar-refractivity contribution in [3.8, 4) is 0 Å². The third kappa shape index (κ3) is 5.58. The van der Waals surface area contributed by atoms with Crippen LogP contribution in [0.25, 0.3) is 0 Å². The molecule has 4 unspecified atom stereocenters. The average molecular weight is 419 g/mol. The Morgan fingerprint density at radius 2 is 1.15 bits per heavy atom. The molecule has 27 heavy (non-hydrogen) atoms. The first-order valence-corrected chi connectivity index (χ1v) is 20.3. The van der Waals surface area contributed by atoms with Crippen molar-refractivity contribution in [1.29, 1.82) is 0 Å². The highest BCUT2D eigenvalue weighted by molar-refractivity contribution is 7.65. The van der Waals surface area contributed by atoms with Crippen molar-refractivity contribution in [3.05, 3.63) is 30.3 Å². The van der Waals surface area contributed by atoms with Crippen LogP contribution in [0.3, 0.4) is 0 Å². The van der Waals surface area contributed by atoms with E-state index in [1.807, 2.05) is 0 Å². The Kier molecular flexibility index (Phi) is 7.13. The second-order valence-electron chi connectivity index (χ2n) is 11.6. The Morgan fingerprint density at radius 1 is 0.704 bits per heavy atom. The monoisotopic (exact) mass is 418 g/mol. The maximum atomic E-state index is 2.62. The van der Waals surface area contributed by atoms with Crippen molar-refractivity contribution in [1.82, 2.24) is 0 Å². The quantitative estimate of drug-likeness (QED) is 0.313. The number of benzene rings is 1. The van der Waals surface area contributed by atoms with Gasteiger partial charge in [0, 0.05) is 16.1 Å². The van der Waals surface area contributed by atoms with E-state index < -0.39 is 16.1 Å². The van der Waals surface area contributed by atoms with Crippen LogP contribution in [0.4, 0.5) is 0 Å². The Balaban J connectivity index is 1.78. The van der Waals surface area contributed by atoms with Crippen molar-refractivity contribution in [2.75, 3.05) is 12.3 Å². The van der Waals surface area contributed by atoms with E-state index in [9.17, 15) is 0 Å². The standard InChI is InChI=1S/C24H43PSi2/c1-26(2,3)23-16-10-12-20(23)18-25(22-14-8-7-9-15-22)19-21-13-11-17-24(21)27(4,5)6/h7-9,14-15,20-21,23-24H,10-13,16-19H2,1-6H3. The topological polar surface area (TPSA) is 0 Å². The third-order valence-corrected chi connectivity index (χ3v) is 16.4. The minimum atomic E-state index is -1.03. The predicted octanol–water partition coefficient (Wildman–Crippen LogP) is 7.81. The molecule has 0 heterocycles. The summed E-state index contributed by atoms with van der Waals surface area (Å²) in [6.45, 7) is 15.7. The second-order valence-corrected chi connectivity index (χ2v) is 24.8. The summed E-state index contributed by atoms with van der Waals surface area (Å²) in [7, 11) is -2.03. The van der Waals surface area contributed by atoms with E-state index in [1.165, 1.54) is 50.8 Å². The molecule has 4 atom stereocenters. The molecular formula is C24H43PSi2. The molecule has 2 aliphatic rings. The molecular weight excluding hydrogens is 375 g/mol. The highest BCUT2D eigenvalue weighted by atomic mass is 31.1. The van der Waals surface area contributed by atoms with Crippen molar-refractivity contribution in [2.24, 2.45) is 11.8 Å². The first kappa shape index (κ1) is 21.8. The van der Waals surface area contributed by atoms with Crippen molar-refractivity contribution >= 4 is 29.4 Å². The lowest BCUT2D eigenvalue weighted by Gasteiger charge is -2.36. The van der Waals surface area contributed by atoms with Gasteiger partial charge in [0.05, 0.1) is 0 Å². The maximum absolute atomic E-state index is 2.62. The van der Waals surface area contributed by atoms with Gasteiger partial charge in [-0.1, -0.05) is 116 Å². The molecule has 2 fully saturated rings. The van der Waals surface area contributed by atoms with E-state index in [2.05, 4.69) is 69.6 Å². The van der Waals surface area contributed by atoms with Crippen LogP contribution < -0.4 is 5.30 Å². The van der Waals surface area contributed by atoms with E-state index in [-0.39, 0.29) is 7.92 Å². The molecule has 3 heteroatoms. The highest BCUT2D eigenvalue weighted by Gasteiger charge is 2.41. The van der Waals surface area contributed by atoms with Crippen LogP contribution in [0, 0.1) is 11.8 Å². The summed E-state index contributed by atoms with van der Waals surface area (Å²) in [5.41, 5.74) is 2.14. The van der Waals surface area contributed by atoms with Gasteiger partial charge >= 0.3 is 0 Å². The lowest BCUT2D eigenvalue weighted by Crippen LogP contribution is -2.34. The van der Waals surface area contributed by atoms with E-state index in [0.717, 1.165) is 22.9 Å². The van der Waals surface area contributed by atoms with Gasteiger partial charge in [0.15, 0.2) is 0 Å². The van der Waals surface area contributed by atoms with Gasteiger partial charge < -0.3 is 0 Å². The van der Waals surface area contributed by atoms with E-state index in [0.29, 0.717) is 0 Å². The summed E-state index contributed by atoms with van der Waals surface area (Å²) in [5, 5.41) is 1.70. The van der Waals surface area contributed by atoms with Crippen LogP contribution >= 0.6 is 7.92 Å². The fourth-order valence-corrected chi connectivity index (χ4v) is 15.4. The fraction of sp³-hybridized carbons (Fsp3) is 0.750. The molecule has 0 amide bonds. The smallest absolute Gasteiger partial charge is 0.0476 e. The average Bonchev–Trinajstić information content (AvgIpc) is 3.23. The lowest BCUT2D eigenvalue weighted by molar-refractivity contribution is 0.586. The van der Waals surface area contributed by atoms with Crippen molar-refractivity contribution in [3.63, 3.8) is 0 Å². The van der Waals surface area contributed by atoms with Gasteiger partial charge in [0.1, 0.15) is 0 Å². The van der Waals surface area contributed by atoms with Crippen LogP contribution in [0.15, 0.2) is 30.3 Å². The van der Waals surface area contributed by atoms with Crippen LogP contribution in [-0.4, -0.2) is 28.5 Å². The van der Waals surface area contributed by atoms with Crippen LogP contribution in [0.1, 0.15) is 38.5 Å². The Bertz CT molecular complexity index is 553. The molecule has 1 aromatic rings. The van der Waals surface area contributed by atoms with Gasteiger partial charge in [-0.15, -0.1) is 0 Å². The van der Waals surface area contributed by atoms with Gasteiger partial charge in [-0.2, -0.15) is 0 Å². The van der Waals surface area contributed by atoms with Gasteiger partial charge in [-0.3, -0.25) is 0 Å². The molecule has 3 rings (SSSR count). The fourth-order valence-electron chi connectivity index (χ4n) is 6.28. The summed E-state index contributed by atoms with van der Waals surface area (Å²) >= 11 is 0. The van der Waals surface area contributed by atoms with Crippen molar-refractivity contribution < 1.29 is 0 Å². The molecule has 0 radical (unpaired) electrons. The van der Waals surface area contributed by atoms with E-state index in [1.54, 1.807) is 5.30 Å². The SMILES string of the molecule is C[Si](C)(C)C1CCCC1CP(CC1CCCC1[Si](C)(C)C)c1ccccc1. The first-order valence-electron chi connectivity index (χ1n) is 11.5. The highest BCUT2D eigenvalue weighted by Crippen LogP contribution is 2.54. The number of hydrogen-bond donors (Lipinski definition) is 0. The van der Waals surface area contributed by atoms with Gasteiger partial charge in [0.2, 0.25) is 0 Å². The summed E-state index contributed by atoms with van der Waals surface area (Å²) in [5.74, 6) is 2.05. The maximum Gasteiger partial charge on any atom is 0.0476 e. The van der Waals surface area contributed by atoms with E-state index >= 15 is 0 Å². The zero-order valence-electron chi connectivity index (χ0n) is 18.8. The molecule has 0 saturated heterocycles. The molecule has 0 bridgehead atoms. The molecule has 2 aliphatic carbocycles. The molecule has 1 aromatic carbocycles. The van der Waals surface area contributed by atoms with Crippen molar-refractivity contribution in [2.45, 2.75) is 88.9 Å². The summed E-state index contributed by atoms with van der Waals surface area (Å²) in [6.07, 6.45) is 12.1. The normalized spacial score (nSPS) is 30.6. The van der Waals surface area contributed by atoms with Crippen LogP contribution in [0.2, 0.25) is 50.4 Å². The predicted molar refractivity (Wildman–Crippen MR) is 132 cm³/mol. The molecule has 0 aliphatic heterocycles. The Hall–Kier alpha value is 0.0838. The molecule has 0 N–H and O–H groups in total. The molecule has 0 spiro atoms. The third-order valence-electron chi connectivity index (χ3n) is 7.57. The minimum absolute atomic E-state index is 0.0191. The zero-order valence-corrected chi connectivity index (χ0v) is 21.7. The van der Waals surface area contributed by atoms with E-state index in [4.69, 9.17) is 0 Å². The molecule has 0 aromatic heterocycles. The molecule has 152 valence electrons. The largest absolute Gasteiger partial charge is 0.0748 e. The van der Waals surface area contributed by atoms with Crippen LogP contribution in [-0.2, 0) is 0 Å². The lowest BCUT2D eigenvalue weighted by atomic mass is 10.1. The van der Waals surface area contributed by atoms with Gasteiger partial charge in [-0.05, 0) is 40.5 Å². The van der Waals surface area contributed by atoms with Crippen LogP contribution in [0.5, 0.6) is 0 Å². The summed E-state index contributed by atoms with van der Waals surface area (Å²) < 4.78 is 0. The molecule has 2 saturated carbocycles. The summed E-state index contributed by atoms with van der Waals surface area (Å²) in [6, 6.07) is 11.7.